The number of hydrogen-bond donors (Lipinski definition) is 1. The predicted octanol–water partition coefficient (Wildman–Crippen LogP) is -0.361. The monoisotopic (exact) mass is 281 g/mol. The Kier molecular flexibility index (Phi) is 3.87. The molecule has 1 fully saturated rings. The zero-order valence-corrected chi connectivity index (χ0v) is 11.2. The van der Waals surface area contributed by atoms with Crippen molar-refractivity contribution < 1.29 is 8.42 Å². The van der Waals surface area contributed by atoms with Gasteiger partial charge in [0.2, 0.25) is 10.0 Å². The van der Waals surface area contributed by atoms with E-state index in [2.05, 4.69) is 4.98 Å². The van der Waals surface area contributed by atoms with Gasteiger partial charge in [0, 0.05) is 26.2 Å². The normalized spacial score (nSPS) is 17.1. The molecule has 0 atom stereocenters. The number of nitrogens with zero attached hydrogens (tertiary/aromatic N) is 4. The molecule has 0 unspecified atom stereocenters. The molecule has 0 aliphatic carbocycles. The first-order chi connectivity index (χ1) is 9.03. The van der Waals surface area contributed by atoms with Crippen LogP contribution in [0.25, 0.3) is 0 Å². The minimum atomic E-state index is -3.44. The van der Waals surface area contributed by atoms with Crippen LogP contribution < -0.4 is 10.6 Å². The Morgan fingerprint density at radius 2 is 2.00 bits per heavy atom. The van der Waals surface area contributed by atoms with Crippen LogP contribution in [0.1, 0.15) is 0 Å². The fraction of sp³-hybridized carbons (Fsp3) is 0.455. The number of piperazine rings is 1. The van der Waals surface area contributed by atoms with Crippen LogP contribution >= 0.6 is 0 Å². The van der Waals surface area contributed by atoms with Gasteiger partial charge in [-0.3, -0.25) is 0 Å². The van der Waals surface area contributed by atoms with Crippen molar-refractivity contribution in [1.82, 2.24) is 9.29 Å². The Morgan fingerprint density at radius 1 is 1.32 bits per heavy atom. The standard InChI is InChI=1S/C11H15N5O2S/c12-3-8-19(17,18)16-6-4-15(5-7-16)10-1-2-11(13)14-9-10/h1-2,9H,4-8H2,(H2,13,14). The van der Waals surface area contributed by atoms with Gasteiger partial charge < -0.3 is 10.6 Å². The Labute approximate surface area is 112 Å². The lowest BCUT2D eigenvalue weighted by Crippen LogP contribution is -2.49. The Morgan fingerprint density at radius 3 is 2.53 bits per heavy atom. The van der Waals surface area contributed by atoms with E-state index in [-0.39, 0.29) is 0 Å². The van der Waals surface area contributed by atoms with E-state index in [4.69, 9.17) is 11.0 Å². The Balaban J connectivity index is 2.00. The molecule has 0 spiro atoms. The average molecular weight is 281 g/mol. The maximum absolute atomic E-state index is 11.7. The van der Waals surface area contributed by atoms with Gasteiger partial charge in [0.05, 0.1) is 18.0 Å². The van der Waals surface area contributed by atoms with Crippen molar-refractivity contribution in [2.45, 2.75) is 0 Å². The van der Waals surface area contributed by atoms with E-state index in [1.54, 1.807) is 18.3 Å². The van der Waals surface area contributed by atoms with Crippen LogP contribution in [0.2, 0.25) is 0 Å². The molecule has 0 amide bonds. The molecule has 2 heterocycles. The minimum absolute atomic E-state index is 0.383. The average Bonchev–Trinajstić information content (AvgIpc) is 2.40. The summed E-state index contributed by atoms with van der Waals surface area (Å²) in [6.07, 6.45) is 1.68. The first-order valence-electron chi connectivity index (χ1n) is 5.84. The number of rotatable bonds is 3. The van der Waals surface area contributed by atoms with E-state index in [0.29, 0.717) is 32.0 Å². The van der Waals surface area contributed by atoms with Crippen LogP contribution in [0.4, 0.5) is 11.5 Å². The molecule has 1 aromatic rings. The van der Waals surface area contributed by atoms with Crippen molar-refractivity contribution in [2.24, 2.45) is 0 Å². The van der Waals surface area contributed by atoms with Crippen molar-refractivity contribution in [3.05, 3.63) is 18.3 Å². The zero-order valence-electron chi connectivity index (χ0n) is 10.4. The fourth-order valence-corrected chi connectivity index (χ4v) is 3.05. The number of aromatic nitrogens is 1. The summed E-state index contributed by atoms with van der Waals surface area (Å²) in [5, 5.41) is 8.50. The summed E-state index contributed by atoms with van der Waals surface area (Å²) < 4.78 is 24.8. The molecular formula is C11H15N5O2S. The van der Waals surface area contributed by atoms with Crippen LogP contribution in [0.3, 0.4) is 0 Å². The fourth-order valence-electron chi connectivity index (χ4n) is 1.98. The number of nitrogens with two attached hydrogens (primary N) is 1. The Hall–Kier alpha value is -1.85. The number of pyridine rings is 1. The smallest absolute Gasteiger partial charge is 0.227 e. The lowest BCUT2D eigenvalue weighted by molar-refractivity contribution is 0.386. The zero-order chi connectivity index (χ0) is 13.9. The van der Waals surface area contributed by atoms with Gasteiger partial charge in [-0.2, -0.15) is 9.57 Å². The topological polar surface area (TPSA) is 103 Å². The number of sulfonamides is 1. The third-order valence-corrected chi connectivity index (χ3v) is 4.66. The van der Waals surface area contributed by atoms with Crippen LogP contribution in [-0.2, 0) is 10.0 Å². The summed E-state index contributed by atoms with van der Waals surface area (Å²) in [5.41, 5.74) is 6.44. The lowest BCUT2D eigenvalue weighted by Gasteiger charge is -2.34. The molecule has 0 radical (unpaired) electrons. The summed E-state index contributed by atoms with van der Waals surface area (Å²) in [6, 6.07) is 5.27. The maximum Gasteiger partial charge on any atom is 0.227 e. The minimum Gasteiger partial charge on any atom is -0.384 e. The van der Waals surface area contributed by atoms with Gasteiger partial charge in [-0.05, 0) is 12.1 Å². The van der Waals surface area contributed by atoms with Gasteiger partial charge in [-0.25, -0.2) is 13.4 Å². The molecule has 1 aliphatic heterocycles. The predicted molar refractivity (Wildman–Crippen MR) is 71.8 cm³/mol. The van der Waals surface area contributed by atoms with Crippen LogP contribution in [0, 0.1) is 11.3 Å². The second kappa shape index (κ2) is 5.42. The first-order valence-corrected chi connectivity index (χ1v) is 7.45. The van der Waals surface area contributed by atoms with Crippen molar-refractivity contribution >= 4 is 21.5 Å². The van der Waals surface area contributed by atoms with Crippen LogP contribution in [0.5, 0.6) is 0 Å². The summed E-state index contributed by atoms with van der Waals surface area (Å²) in [6.45, 7) is 1.93. The first kappa shape index (κ1) is 13.6. The van der Waals surface area contributed by atoms with Gasteiger partial charge >= 0.3 is 0 Å². The second-order valence-corrected chi connectivity index (χ2v) is 6.21. The van der Waals surface area contributed by atoms with Crippen molar-refractivity contribution in [1.29, 1.82) is 5.26 Å². The van der Waals surface area contributed by atoms with E-state index >= 15 is 0 Å². The summed E-state index contributed by atoms with van der Waals surface area (Å²) >= 11 is 0. The van der Waals surface area contributed by atoms with E-state index in [1.807, 2.05) is 11.0 Å². The molecule has 2 rings (SSSR count). The molecule has 19 heavy (non-hydrogen) atoms. The number of anilines is 2. The molecule has 1 aromatic heterocycles. The number of hydrogen-bond acceptors (Lipinski definition) is 6. The van der Waals surface area contributed by atoms with Gasteiger partial charge in [0.1, 0.15) is 5.82 Å². The molecule has 0 aromatic carbocycles. The molecule has 8 heteroatoms. The molecule has 1 aliphatic rings. The number of nitriles is 1. The summed E-state index contributed by atoms with van der Waals surface area (Å²) in [7, 11) is -3.44. The van der Waals surface area contributed by atoms with E-state index in [0.717, 1.165) is 5.69 Å². The molecule has 0 saturated carbocycles. The molecule has 2 N–H and O–H groups in total. The maximum atomic E-state index is 11.7. The highest BCUT2D eigenvalue weighted by molar-refractivity contribution is 7.89. The second-order valence-electron chi connectivity index (χ2n) is 4.24. The summed E-state index contributed by atoms with van der Waals surface area (Å²) in [5.74, 6) is -0.00449. The molecule has 1 saturated heterocycles. The third kappa shape index (κ3) is 3.13. The lowest BCUT2D eigenvalue weighted by atomic mass is 10.3. The summed E-state index contributed by atoms with van der Waals surface area (Å²) in [4.78, 5) is 6.06. The van der Waals surface area contributed by atoms with Crippen molar-refractivity contribution in [3.8, 4) is 6.07 Å². The largest absolute Gasteiger partial charge is 0.384 e. The van der Waals surface area contributed by atoms with E-state index in [1.165, 1.54) is 4.31 Å². The van der Waals surface area contributed by atoms with Gasteiger partial charge in [0.25, 0.3) is 0 Å². The SMILES string of the molecule is N#CCS(=O)(=O)N1CCN(c2ccc(N)nc2)CC1. The molecule has 0 bridgehead atoms. The van der Waals surface area contributed by atoms with Gasteiger partial charge in [-0.15, -0.1) is 0 Å². The highest BCUT2D eigenvalue weighted by Crippen LogP contribution is 2.17. The molecular weight excluding hydrogens is 266 g/mol. The van der Waals surface area contributed by atoms with E-state index < -0.39 is 15.8 Å². The number of nitrogen functional groups attached to an aromatic ring is 1. The highest BCUT2D eigenvalue weighted by atomic mass is 32.2. The molecule has 102 valence electrons. The van der Waals surface area contributed by atoms with Crippen LogP contribution in [-0.4, -0.2) is 49.6 Å². The van der Waals surface area contributed by atoms with Crippen LogP contribution in [0.15, 0.2) is 18.3 Å². The van der Waals surface area contributed by atoms with Gasteiger partial charge in [0.15, 0.2) is 5.75 Å². The van der Waals surface area contributed by atoms with Crippen molar-refractivity contribution in [3.63, 3.8) is 0 Å². The Bertz CT molecular complexity index is 570. The van der Waals surface area contributed by atoms with Crippen molar-refractivity contribution in [2.75, 3.05) is 42.6 Å². The quantitative estimate of drug-likeness (QED) is 0.811. The van der Waals surface area contributed by atoms with E-state index in [9.17, 15) is 8.42 Å². The van der Waals surface area contributed by atoms with Gasteiger partial charge in [-0.1, -0.05) is 0 Å². The third-order valence-electron chi connectivity index (χ3n) is 3.01. The highest BCUT2D eigenvalue weighted by Gasteiger charge is 2.26. The molecule has 7 nitrogen and oxygen atoms in total.